The highest BCUT2D eigenvalue weighted by molar-refractivity contribution is 6.30. The third-order valence-corrected chi connectivity index (χ3v) is 7.10. The molecule has 124 valence electrons. The van der Waals surface area contributed by atoms with Crippen molar-refractivity contribution in [3.8, 4) is 0 Å². The highest BCUT2D eigenvalue weighted by Gasteiger charge is 2.51. The fourth-order valence-corrected chi connectivity index (χ4v) is 6.17. The number of nitrogens with one attached hydrogen (secondary N) is 1. The Hall–Kier alpha value is -1.99. The smallest absolute Gasteiger partial charge is 0.0426 e. The summed E-state index contributed by atoms with van der Waals surface area (Å²) in [7, 11) is 0. The molecule has 0 aromatic heterocycles. The maximum atomic E-state index is 6.40. The molecule has 6 rings (SSSR count). The molecule has 2 heteroatoms. The minimum atomic E-state index is 0.604. The van der Waals surface area contributed by atoms with E-state index in [-0.39, 0.29) is 0 Å². The van der Waals surface area contributed by atoms with Crippen molar-refractivity contribution in [3.63, 3.8) is 0 Å². The van der Waals surface area contributed by atoms with Gasteiger partial charge in [-0.25, -0.2) is 0 Å². The molecule has 0 spiro atoms. The van der Waals surface area contributed by atoms with Crippen LogP contribution in [0.1, 0.15) is 42.2 Å². The number of benzene rings is 3. The first-order valence-electron chi connectivity index (χ1n) is 9.38. The normalized spacial score (nSPS) is 28.8. The summed E-state index contributed by atoms with van der Waals surface area (Å²) in [6.07, 6.45) is 4.13. The first-order chi connectivity index (χ1) is 12.3. The summed E-state index contributed by atoms with van der Waals surface area (Å²) in [6.45, 7) is 0. The van der Waals surface area contributed by atoms with E-state index in [9.17, 15) is 0 Å². The third kappa shape index (κ3) is 1.91. The largest absolute Gasteiger partial charge is 0.355 e. The molecule has 0 amide bonds. The minimum absolute atomic E-state index is 0.604. The predicted octanol–water partition coefficient (Wildman–Crippen LogP) is 6.85. The molecular formula is C23H20ClN. The lowest BCUT2D eigenvalue weighted by molar-refractivity contribution is 0.370. The lowest BCUT2D eigenvalue weighted by atomic mass is 9.71. The van der Waals surface area contributed by atoms with Crippen LogP contribution in [-0.2, 0) is 0 Å². The molecule has 1 nitrogen and oxygen atoms in total. The number of hydrogen-bond acceptors (Lipinski definition) is 1. The summed E-state index contributed by atoms with van der Waals surface area (Å²) in [5, 5.41) is 7.40. The molecule has 1 N–H and O–H groups in total. The van der Waals surface area contributed by atoms with Gasteiger partial charge in [0.05, 0.1) is 0 Å². The number of fused-ring (bicyclic) bond motifs is 11. The Labute approximate surface area is 153 Å². The molecule has 4 unspecified atom stereocenters. The average molecular weight is 346 g/mol. The van der Waals surface area contributed by atoms with E-state index >= 15 is 0 Å². The maximum Gasteiger partial charge on any atom is 0.0426 e. The highest BCUT2D eigenvalue weighted by Crippen LogP contribution is 2.64. The van der Waals surface area contributed by atoms with E-state index in [1.165, 1.54) is 47.0 Å². The molecule has 2 saturated carbocycles. The van der Waals surface area contributed by atoms with Gasteiger partial charge in [0.15, 0.2) is 0 Å². The third-order valence-electron chi connectivity index (χ3n) is 6.86. The van der Waals surface area contributed by atoms with E-state index in [2.05, 4.69) is 53.8 Å². The Bertz CT molecular complexity index is 1010. The summed E-state index contributed by atoms with van der Waals surface area (Å²) in [6, 6.07) is 19.8. The van der Waals surface area contributed by atoms with Gasteiger partial charge in [0.2, 0.25) is 0 Å². The molecule has 1 heterocycles. The van der Waals surface area contributed by atoms with Crippen LogP contribution in [0, 0.1) is 11.8 Å². The molecular weight excluding hydrogens is 326 g/mol. The topological polar surface area (TPSA) is 12.0 Å². The molecule has 2 fully saturated rings. The van der Waals surface area contributed by atoms with Crippen molar-refractivity contribution < 1.29 is 0 Å². The quantitative estimate of drug-likeness (QED) is 0.470. The summed E-state index contributed by atoms with van der Waals surface area (Å²) >= 11 is 6.40. The minimum Gasteiger partial charge on any atom is -0.355 e. The van der Waals surface area contributed by atoms with Crippen LogP contribution in [0.15, 0.2) is 54.6 Å². The van der Waals surface area contributed by atoms with E-state index in [0.29, 0.717) is 11.8 Å². The second-order valence-electron chi connectivity index (χ2n) is 7.99. The van der Waals surface area contributed by atoms with Crippen LogP contribution in [0.4, 0.5) is 11.4 Å². The zero-order valence-electron chi connectivity index (χ0n) is 14.0. The number of anilines is 2. The SMILES string of the molecule is Clc1ccc2c(c1)C1C3CCC(C3)C1c1c(ccc3ccccc13)N2. The van der Waals surface area contributed by atoms with Gasteiger partial charge in [-0.3, -0.25) is 0 Å². The summed E-state index contributed by atoms with van der Waals surface area (Å²) in [5.41, 5.74) is 5.52. The number of hydrogen-bond donors (Lipinski definition) is 1. The highest BCUT2D eigenvalue weighted by atomic mass is 35.5. The Balaban J connectivity index is 1.69. The zero-order valence-corrected chi connectivity index (χ0v) is 14.8. The van der Waals surface area contributed by atoms with Gasteiger partial charge in [0, 0.05) is 16.4 Å². The molecule has 3 aromatic rings. The summed E-state index contributed by atoms with van der Waals surface area (Å²) in [5.74, 6) is 2.84. The van der Waals surface area contributed by atoms with Crippen LogP contribution in [0.2, 0.25) is 5.02 Å². The van der Waals surface area contributed by atoms with Crippen molar-refractivity contribution in [2.24, 2.45) is 11.8 Å². The van der Waals surface area contributed by atoms with Crippen molar-refractivity contribution in [1.82, 2.24) is 0 Å². The predicted molar refractivity (Wildman–Crippen MR) is 105 cm³/mol. The van der Waals surface area contributed by atoms with Crippen molar-refractivity contribution >= 4 is 33.7 Å². The second-order valence-corrected chi connectivity index (χ2v) is 8.43. The number of halogens is 1. The standard InChI is InChI=1S/C23H20ClN/c24-16-8-10-19-18(12-16)21-14-5-6-15(11-14)22(21)23-17-4-2-1-3-13(17)7-9-20(23)25-19/h1-4,7-10,12,14-15,21-22,25H,5-6,11H2. The second kappa shape index (κ2) is 5.02. The Morgan fingerprint density at radius 3 is 2.56 bits per heavy atom. The fraction of sp³-hybridized carbons (Fsp3) is 0.304. The Morgan fingerprint density at radius 2 is 1.64 bits per heavy atom. The molecule has 25 heavy (non-hydrogen) atoms. The summed E-state index contributed by atoms with van der Waals surface area (Å²) in [4.78, 5) is 0. The van der Waals surface area contributed by atoms with Crippen LogP contribution < -0.4 is 5.32 Å². The first-order valence-corrected chi connectivity index (χ1v) is 9.75. The van der Waals surface area contributed by atoms with E-state index < -0.39 is 0 Å². The molecule has 3 aromatic carbocycles. The van der Waals surface area contributed by atoms with Gasteiger partial charge < -0.3 is 5.32 Å². The van der Waals surface area contributed by atoms with Crippen LogP contribution >= 0.6 is 11.6 Å². The van der Waals surface area contributed by atoms with Crippen LogP contribution in [0.5, 0.6) is 0 Å². The van der Waals surface area contributed by atoms with E-state index in [1.54, 1.807) is 5.56 Å². The van der Waals surface area contributed by atoms with Crippen molar-refractivity contribution in [2.75, 3.05) is 5.32 Å². The fourth-order valence-electron chi connectivity index (χ4n) is 5.99. The molecule has 4 atom stereocenters. The Kier molecular flexibility index (Phi) is 2.85. The van der Waals surface area contributed by atoms with Gasteiger partial charge in [0.1, 0.15) is 0 Å². The zero-order chi connectivity index (χ0) is 16.5. The molecule has 0 saturated heterocycles. The van der Waals surface area contributed by atoms with Crippen molar-refractivity contribution in [2.45, 2.75) is 31.1 Å². The molecule has 2 aliphatic carbocycles. The monoisotopic (exact) mass is 345 g/mol. The van der Waals surface area contributed by atoms with E-state index in [0.717, 1.165) is 16.9 Å². The summed E-state index contributed by atoms with van der Waals surface area (Å²) < 4.78 is 0. The van der Waals surface area contributed by atoms with Gasteiger partial charge in [0.25, 0.3) is 0 Å². The van der Waals surface area contributed by atoms with Crippen LogP contribution in [0.3, 0.4) is 0 Å². The van der Waals surface area contributed by atoms with Gasteiger partial charge in [-0.05, 0) is 89.1 Å². The lowest BCUT2D eigenvalue weighted by Crippen LogP contribution is -2.18. The van der Waals surface area contributed by atoms with Gasteiger partial charge in [-0.15, -0.1) is 0 Å². The molecule has 0 radical (unpaired) electrons. The first kappa shape index (κ1) is 14.2. The van der Waals surface area contributed by atoms with Crippen LogP contribution in [0.25, 0.3) is 10.8 Å². The Morgan fingerprint density at radius 1 is 0.840 bits per heavy atom. The number of rotatable bonds is 0. The van der Waals surface area contributed by atoms with Crippen molar-refractivity contribution in [3.05, 3.63) is 70.7 Å². The average Bonchev–Trinajstić information content (AvgIpc) is 3.20. The molecule has 2 bridgehead atoms. The van der Waals surface area contributed by atoms with E-state index in [1.807, 2.05) is 6.07 Å². The van der Waals surface area contributed by atoms with Crippen LogP contribution in [-0.4, -0.2) is 0 Å². The van der Waals surface area contributed by atoms with Gasteiger partial charge in [-0.1, -0.05) is 41.9 Å². The maximum absolute atomic E-state index is 6.40. The van der Waals surface area contributed by atoms with Gasteiger partial charge in [-0.2, -0.15) is 0 Å². The lowest BCUT2D eigenvalue weighted by Gasteiger charge is -2.32. The van der Waals surface area contributed by atoms with Gasteiger partial charge >= 0.3 is 0 Å². The van der Waals surface area contributed by atoms with Crippen molar-refractivity contribution in [1.29, 1.82) is 0 Å². The molecule has 1 aliphatic heterocycles. The molecule has 3 aliphatic rings. The van der Waals surface area contributed by atoms with E-state index in [4.69, 9.17) is 11.6 Å².